The molecule has 1 N–H and O–H groups in total. The maximum absolute atomic E-state index is 6.06. The molecule has 128 valence electrons. The average Bonchev–Trinajstić information content (AvgIpc) is 3.25. The summed E-state index contributed by atoms with van der Waals surface area (Å²) >= 11 is 0. The molecule has 0 bridgehead atoms. The van der Waals surface area contributed by atoms with E-state index in [0.29, 0.717) is 6.10 Å². The number of pyridine rings is 1. The second kappa shape index (κ2) is 6.95. The van der Waals surface area contributed by atoms with E-state index in [2.05, 4.69) is 21.3 Å². The van der Waals surface area contributed by atoms with Crippen molar-refractivity contribution in [2.75, 3.05) is 31.6 Å². The Labute approximate surface area is 143 Å². The van der Waals surface area contributed by atoms with Gasteiger partial charge in [-0.3, -0.25) is 4.90 Å². The minimum absolute atomic E-state index is 0.268. The number of nitrogens with one attached hydrogen (secondary N) is 1. The van der Waals surface area contributed by atoms with E-state index < -0.39 is 0 Å². The quantitative estimate of drug-likeness (QED) is 0.883. The molecule has 2 aromatic heterocycles. The Kier molecular flexibility index (Phi) is 4.54. The zero-order chi connectivity index (χ0) is 16.2. The first kappa shape index (κ1) is 15.7. The number of aromatic nitrogens is 1. The molecule has 5 heteroatoms. The number of rotatable bonds is 6. The molecular weight excluding hydrogens is 302 g/mol. The molecule has 2 fully saturated rings. The van der Waals surface area contributed by atoms with Gasteiger partial charge >= 0.3 is 0 Å². The highest BCUT2D eigenvalue weighted by molar-refractivity contribution is 5.32. The van der Waals surface area contributed by atoms with Crippen molar-refractivity contribution in [2.45, 2.75) is 31.9 Å². The Morgan fingerprint density at radius 2 is 2.33 bits per heavy atom. The summed E-state index contributed by atoms with van der Waals surface area (Å²) in [5, 5.41) is 3.46. The molecule has 4 heterocycles. The van der Waals surface area contributed by atoms with E-state index in [-0.39, 0.29) is 5.41 Å². The number of furan rings is 1. The molecule has 24 heavy (non-hydrogen) atoms. The number of piperidine rings is 1. The van der Waals surface area contributed by atoms with Gasteiger partial charge in [0.1, 0.15) is 5.82 Å². The molecule has 2 aliphatic heterocycles. The standard InChI is InChI=1S/C19H25N3O2/c1-2-8-20-18(3-1)21-9-6-19-7-12-24-17(19)4-10-22(15-19)13-16-5-11-23-14-16/h1-3,5,8,11,14,17H,4,6-7,9-10,12-13,15H2,(H,20,21)/t17-,19+/m0/s1. The molecular formula is C19H25N3O2. The minimum Gasteiger partial charge on any atom is -0.472 e. The van der Waals surface area contributed by atoms with Gasteiger partial charge in [0.2, 0.25) is 0 Å². The lowest BCUT2D eigenvalue weighted by Gasteiger charge is -2.44. The first-order chi connectivity index (χ1) is 11.8. The molecule has 0 unspecified atom stereocenters. The van der Waals surface area contributed by atoms with Gasteiger partial charge in [-0.25, -0.2) is 4.98 Å². The van der Waals surface area contributed by atoms with E-state index in [9.17, 15) is 0 Å². The largest absolute Gasteiger partial charge is 0.472 e. The third-order valence-corrected chi connectivity index (χ3v) is 5.43. The number of ether oxygens (including phenoxy) is 1. The van der Waals surface area contributed by atoms with Crippen molar-refractivity contribution >= 4 is 5.82 Å². The van der Waals surface area contributed by atoms with Gasteiger partial charge in [0.15, 0.2) is 0 Å². The van der Waals surface area contributed by atoms with Gasteiger partial charge < -0.3 is 14.5 Å². The van der Waals surface area contributed by atoms with Gasteiger partial charge in [0.05, 0.1) is 18.6 Å². The summed E-state index contributed by atoms with van der Waals surface area (Å²) in [7, 11) is 0. The second-order valence-electron chi connectivity index (χ2n) is 6.99. The molecule has 2 atom stereocenters. The van der Waals surface area contributed by atoms with Crippen LogP contribution < -0.4 is 5.32 Å². The Bertz CT molecular complexity index is 631. The molecule has 0 aliphatic carbocycles. The van der Waals surface area contributed by atoms with E-state index >= 15 is 0 Å². The van der Waals surface area contributed by atoms with Gasteiger partial charge in [-0.1, -0.05) is 6.07 Å². The molecule has 2 saturated heterocycles. The average molecular weight is 327 g/mol. The van der Waals surface area contributed by atoms with Crippen molar-refractivity contribution < 1.29 is 9.15 Å². The minimum atomic E-state index is 0.268. The fourth-order valence-corrected chi connectivity index (χ4v) is 4.18. The molecule has 5 nitrogen and oxygen atoms in total. The van der Waals surface area contributed by atoms with Crippen LogP contribution in [-0.2, 0) is 11.3 Å². The van der Waals surface area contributed by atoms with E-state index in [1.807, 2.05) is 30.7 Å². The van der Waals surface area contributed by atoms with Crippen LogP contribution in [0.1, 0.15) is 24.8 Å². The van der Waals surface area contributed by atoms with E-state index in [4.69, 9.17) is 9.15 Å². The molecule has 0 saturated carbocycles. The molecule has 2 aliphatic rings. The lowest BCUT2D eigenvalue weighted by Crippen LogP contribution is -2.49. The van der Waals surface area contributed by atoms with E-state index in [1.54, 1.807) is 6.26 Å². The van der Waals surface area contributed by atoms with Crippen LogP contribution in [0.5, 0.6) is 0 Å². The van der Waals surface area contributed by atoms with Crippen LogP contribution >= 0.6 is 0 Å². The fraction of sp³-hybridized carbons (Fsp3) is 0.526. The topological polar surface area (TPSA) is 50.5 Å². The third kappa shape index (κ3) is 3.32. The summed E-state index contributed by atoms with van der Waals surface area (Å²) in [4.78, 5) is 6.90. The van der Waals surface area contributed by atoms with Gasteiger partial charge in [0.25, 0.3) is 0 Å². The van der Waals surface area contributed by atoms with Crippen molar-refractivity contribution in [1.29, 1.82) is 0 Å². The number of likely N-dealkylation sites (tertiary alicyclic amines) is 1. The summed E-state index contributed by atoms with van der Waals surface area (Å²) in [5.74, 6) is 0.954. The maximum atomic E-state index is 6.06. The highest BCUT2D eigenvalue weighted by atomic mass is 16.5. The lowest BCUT2D eigenvalue weighted by atomic mass is 9.74. The predicted octanol–water partition coefficient (Wildman–Crippen LogP) is 3.16. The highest BCUT2D eigenvalue weighted by Crippen LogP contribution is 2.43. The predicted molar refractivity (Wildman–Crippen MR) is 92.7 cm³/mol. The lowest BCUT2D eigenvalue weighted by molar-refractivity contribution is -0.0228. The maximum Gasteiger partial charge on any atom is 0.125 e. The van der Waals surface area contributed by atoms with Crippen LogP contribution in [0, 0.1) is 5.41 Å². The Hall–Kier alpha value is -1.85. The summed E-state index contributed by atoms with van der Waals surface area (Å²) in [5.41, 5.74) is 1.53. The first-order valence-electron chi connectivity index (χ1n) is 8.84. The molecule has 0 aromatic carbocycles. The van der Waals surface area contributed by atoms with E-state index in [1.165, 1.54) is 5.56 Å². The summed E-state index contributed by atoms with van der Waals surface area (Å²) in [6.07, 6.45) is 9.25. The highest BCUT2D eigenvalue weighted by Gasteiger charge is 2.47. The Morgan fingerprint density at radius 1 is 1.33 bits per heavy atom. The summed E-state index contributed by atoms with van der Waals surface area (Å²) in [6, 6.07) is 8.04. The smallest absolute Gasteiger partial charge is 0.125 e. The van der Waals surface area contributed by atoms with Crippen molar-refractivity contribution in [3.8, 4) is 0 Å². The monoisotopic (exact) mass is 327 g/mol. The normalized spacial score (nSPS) is 27.1. The number of anilines is 1. The zero-order valence-electron chi connectivity index (χ0n) is 14.0. The SMILES string of the molecule is c1ccc(NCC[C@]23CCO[C@H]2CCN(Cc2ccoc2)C3)nc1. The van der Waals surface area contributed by atoms with Crippen molar-refractivity contribution in [2.24, 2.45) is 5.41 Å². The van der Waals surface area contributed by atoms with Crippen LogP contribution in [-0.4, -0.2) is 42.2 Å². The second-order valence-corrected chi connectivity index (χ2v) is 6.99. The molecule has 0 spiro atoms. The number of nitrogens with zero attached hydrogens (tertiary/aromatic N) is 2. The summed E-state index contributed by atoms with van der Waals surface area (Å²) in [6.45, 7) is 5.01. The van der Waals surface area contributed by atoms with Crippen LogP contribution in [0.25, 0.3) is 0 Å². The van der Waals surface area contributed by atoms with Crippen LogP contribution in [0.4, 0.5) is 5.82 Å². The molecule has 0 amide bonds. The number of hydrogen-bond acceptors (Lipinski definition) is 5. The number of fused-ring (bicyclic) bond motifs is 1. The Morgan fingerprint density at radius 3 is 3.17 bits per heavy atom. The third-order valence-electron chi connectivity index (χ3n) is 5.43. The van der Waals surface area contributed by atoms with Gasteiger partial charge in [-0.2, -0.15) is 0 Å². The van der Waals surface area contributed by atoms with E-state index in [0.717, 1.165) is 57.9 Å². The summed E-state index contributed by atoms with van der Waals surface area (Å²) < 4.78 is 11.3. The van der Waals surface area contributed by atoms with Gasteiger partial charge in [-0.15, -0.1) is 0 Å². The van der Waals surface area contributed by atoms with Crippen molar-refractivity contribution in [1.82, 2.24) is 9.88 Å². The Balaban J connectivity index is 1.38. The fourth-order valence-electron chi connectivity index (χ4n) is 4.18. The van der Waals surface area contributed by atoms with Crippen LogP contribution in [0.2, 0.25) is 0 Å². The number of hydrogen-bond donors (Lipinski definition) is 1. The zero-order valence-corrected chi connectivity index (χ0v) is 14.0. The van der Waals surface area contributed by atoms with Gasteiger partial charge in [-0.05, 0) is 37.5 Å². The molecule has 4 rings (SSSR count). The first-order valence-corrected chi connectivity index (χ1v) is 8.84. The molecule has 0 radical (unpaired) electrons. The van der Waals surface area contributed by atoms with Crippen LogP contribution in [0.15, 0.2) is 47.4 Å². The van der Waals surface area contributed by atoms with Crippen LogP contribution in [0.3, 0.4) is 0 Å². The van der Waals surface area contributed by atoms with Crippen molar-refractivity contribution in [3.63, 3.8) is 0 Å². The van der Waals surface area contributed by atoms with Crippen molar-refractivity contribution in [3.05, 3.63) is 48.6 Å². The van der Waals surface area contributed by atoms with Gasteiger partial charge in [0, 0.05) is 50.0 Å². The molecule has 2 aromatic rings.